The van der Waals surface area contributed by atoms with Crippen molar-refractivity contribution in [1.82, 2.24) is 10.1 Å². The summed E-state index contributed by atoms with van der Waals surface area (Å²) in [5.41, 5.74) is 0.734. The Morgan fingerprint density at radius 2 is 2.44 bits per heavy atom. The lowest BCUT2D eigenvalue weighted by Crippen LogP contribution is -1.98. The number of carbonyl (C=O) groups is 1. The lowest BCUT2D eigenvalue weighted by atomic mass is 10.3. The maximum absolute atomic E-state index is 10.3. The monoisotopic (exact) mass is 240 g/mol. The van der Waals surface area contributed by atoms with Gasteiger partial charge in [-0.3, -0.25) is 4.79 Å². The first-order chi connectivity index (χ1) is 7.75. The van der Waals surface area contributed by atoms with E-state index in [4.69, 9.17) is 14.0 Å². The van der Waals surface area contributed by atoms with E-state index in [2.05, 4.69) is 10.1 Å². The third-order valence-corrected chi connectivity index (χ3v) is 2.60. The molecule has 0 amide bonds. The summed E-state index contributed by atoms with van der Waals surface area (Å²) < 4.78 is 9.84. The molecular weight excluding hydrogens is 232 g/mol. The smallest absolute Gasteiger partial charge is 0.313 e. The maximum Gasteiger partial charge on any atom is 0.313 e. The SMILES string of the molecule is O=C(O)CSCc1nc(-c2ccoc2)no1. The van der Waals surface area contributed by atoms with Crippen LogP contribution in [0.5, 0.6) is 0 Å². The molecule has 0 aliphatic heterocycles. The van der Waals surface area contributed by atoms with Gasteiger partial charge in [0.15, 0.2) is 0 Å². The second kappa shape index (κ2) is 4.84. The summed E-state index contributed by atoms with van der Waals surface area (Å²) in [5.74, 6) is 0.391. The molecule has 0 aliphatic carbocycles. The maximum atomic E-state index is 10.3. The largest absolute Gasteiger partial charge is 0.481 e. The molecule has 0 bridgehead atoms. The number of rotatable bonds is 5. The van der Waals surface area contributed by atoms with Crippen molar-refractivity contribution in [1.29, 1.82) is 0 Å². The fourth-order valence-corrected chi connectivity index (χ4v) is 1.62. The first-order valence-corrected chi connectivity index (χ1v) is 5.56. The zero-order valence-corrected chi connectivity index (χ0v) is 8.94. The van der Waals surface area contributed by atoms with Crippen molar-refractivity contribution in [2.45, 2.75) is 5.75 Å². The van der Waals surface area contributed by atoms with Gasteiger partial charge in [-0.25, -0.2) is 0 Å². The average molecular weight is 240 g/mol. The lowest BCUT2D eigenvalue weighted by Gasteiger charge is -1.90. The van der Waals surface area contributed by atoms with Gasteiger partial charge in [-0.2, -0.15) is 4.98 Å². The molecule has 7 heteroatoms. The van der Waals surface area contributed by atoms with Gasteiger partial charge in [0.1, 0.15) is 6.26 Å². The van der Waals surface area contributed by atoms with E-state index in [-0.39, 0.29) is 5.75 Å². The van der Waals surface area contributed by atoms with Crippen LogP contribution in [0.15, 0.2) is 27.5 Å². The van der Waals surface area contributed by atoms with Crippen molar-refractivity contribution in [2.24, 2.45) is 0 Å². The summed E-state index contributed by atoms with van der Waals surface area (Å²) in [6, 6.07) is 1.72. The van der Waals surface area contributed by atoms with Crippen molar-refractivity contribution < 1.29 is 18.8 Å². The third-order valence-electron chi connectivity index (χ3n) is 1.70. The highest BCUT2D eigenvalue weighted by atomic mass is 32.2. The highest BCUT2D eigenvalue weighted by Gasteiger charge is 2.09. The second-order valence-electron chi connectivity index (χ2n) is 2.91. The molecule has 0 saturated heterocycles. The summed E-state index contributed by atoms with van der Waals surface area (Å²) >= 11 is 1.21. The Hall–Kier alpha value is -1.76. The molecule has 6 nitrogen and oxygen atoms in total. The standard InChI is InChI=1S/C9H8N2O4S/c12-8(13)5-16-4-7-10-9(11-15-7)6-1-2-14-3-6/h1-3H,4-5H2,(H,12,13). The van der Waals surface area contributed by atoms with Crippen LogP contribution in [0.4, 0.5) is 0 Å². The number of hydrogen-bond donors (Lipinski definition) is 1. The first-order valence-electron chi connectivity index (χ1n) is 4.40. The van der Waals surface area contributed by atoms with Gasteiger partial charge in [0.2, 0.25) is 11.7 Å². The number of nitrogens with zero attached hydrogens (tertiary/aromatic N) is 2. The van der Waals surface area contributed by atoms with Crippen LogP contribution in [0, 0.1) is 0 Å². The van der Waals surface area contributed by atoms with Crippen molar-refractivity contribution >= 4 is 17.7 Å². The highest BCUT2D eigenvalue weighted by molar-refractivity contribution is 7.99. The molecular formula is C9H8N2O4S. The molecule has 84 valence electrons. The van der Waals surface area contributed by atoms with E-state index in [9.17, 15) is 4.79 Å². The van der Waals surface area contributed by atoms with Crippen molar-refractivity contribution in [3.63, 3.8) is 0 Å². The van der Waals surface area contributed by atoms with Crippen molar-refractivity contribution in [2.75, 3.05) is 5.75 Å². The Bertz CT molecular complexity index is 466. The Labute approximate surface area is 94.6 Å². The molecule has 1 N–H and O–H groups in total. The Balaban J connectivity index is 1.95. The Morgan fingerprint density at radius 1 is 1.56 bits per heavy atom. The van der Waals surface area contributed by atoms with E-state index in [1.165, 1.54) is 24.3 Å². The lowest BCUT2D eigenvalue weighted by molar-refractivity contribution is -0.133. The Morgan fingerprint density at radius 3 is 3.12 bits per heavy atom. The number of aliphatic carboxylic acids is 1. The molecule has 2 rings (SSSR count). The van der Waals surface area contributed by atoms with E-state index in [1.807, 2.05) is 0 Å². The predicted octanol–water partition coefficient (Wildman–Crippen LogP) is 1.65. The zero-order chi connectivity index (χ0) is 11.4. The fourth-order valence-electron chi connectivity index (χ4n) is 1.05. The minimum absolute atomic E-state index is 0.0173. The van der Waals surface area contributed by atoms with Gasteiger partial charge in [0.05, 0.1) is 23.3 Å². The van der Waals surface area contributed by atoms with E-state index < -0.39 is 5.97 Å². The van der Waals surface area contributed by atoms with E-state index >= 15 is 0 Å². The summed E-state index contributed by atoms with van der Waals surface area (Å²) in [7, 11) is 0. The highest BCUT2D eigenvalue weighted by Crippen LogP contribution is 2.17. The number of carboxylic acid groups (broad SMARTS) is 1. The normalized spacial score (nSPS) is 10.5. The van der Waals surface area contributed by atoms with Crippen LogP contribution in [0.25, 0.3) is 11.4 Å². The van der Waals surface area contributed by atoms with Crippen LogP contribution in [0.2, 0.25) is 0 Å². The van der Waals surface area contributed by atoms with Gasteiger partial charge >= 0.3 is 5.97 Å². The average Bonchev–Trinajstić information content (AvgIpc) is 2.85. The molecule has 16 heavy (non-hydrogen) atoms. The molecule has 0 atom stereocenters. The zero-order valence-electron chi connectivity index (χ0n) is 8.12. The van der Waals surface area contributed by atoms with Gasteiger partial charge < -0.3 is 14.0 Å². The molecule has 0 radical (unpaired) electrons. The van der Waals surface area contributed by atoms with Gasteiger partial charge in [-0.1, -0.05) is 5.16 Å². The quantitative estimate of drug-likeness (QED) is 0.849. The molecule has 0 fully saturated rings. The number of aromatic nitrogens is 2. The molecule has 0 aromatic carbocycles. The molecule has 0 aliphatic rings. The van der Waals surface area contributed by atoms with Crippen LogP contribution in [-0.2, 0) is 10.5 Å². The van der Waals surface area contributed by atoms with Gasteiger partial charge in [-0.15, -0.1) is 11.8 Å². The van der Waals surface area contributed by atoms with Gasteiger partial charge in [0.25, 0.3) is 0 Å². The van der Waals surface area contributed by atoms with Crippen LogP contribution in [0.1, 0.15) is 5.89 Å². The summed E-state index contributed by atoms with van der Waals surface area (Å²) in [6.45, 7) is 0. The summed E-state index contributed by atoms with van der Waals surface area (Å²) in [4.78, 5) is 14.4. The van der Waals surface area contributed by atoms with Gasteiger partial charge in [0, 0.05) is 0 Å². The number of carboxylic acids is 1. The Kier molecular flexibility index (Phi) is 3.25. The summed E-state index contributed by atoms with van der Waals surface area (Å²) in [6.07, 6.45) is 3.03. The van der Waals surface area contributed by atoms with E-state index in [1.54, 1.807) is 6.07 Å². The predicted molar refractivity (Wildman–Crippen MR) is 55.8 cm³/mol. The van der Waals surface area contributed by atoms with Crippen LogP contribution >= 0.6 is 11.8 Å². The molecule has 2 aromatic heterocycles. The molecule has 2 aromatic rings. The first kappa shape index (κ1) is 10.7. The summed E-state index contributed by atoms with van der Waals surface area (Å²) in [5, 5.41) is 12.2. The number of hydrogen-bond acceptors (Lipinski definition) is 6. The minimum Gasteiger partial charge on any atom is -0.481 e. The van der Waals surface area contributed by atoms with Crippen LogP contribution in [0.3, 0.4) is 0 Å². The minimum atomic E-state index is -0.862. The van der Waals surface area contributed by atoms with Gasteiger partial charge in [-0.05, 0) is 6.07 Å². The topological polar surface area (TPSA) is 89.4 Å². The fraction of sp³-hybridized carbons (Fsp3) is 0.222. The van der Waals surface area contributed by atoms with Crippen LogP contribution in [-0.4, -0.2) is 27.0 Å². The molecule has 0 unspecified atom stereocenters. The van der Waals surface area contributed by atoms with Crippen molar-refractivity contribution in [3.8, 4) is 11.4 Å². The van der Waals surface area contributed by atoms with Crippen molar-refractivity contribution in [3.05, 3.63) is 24.5 Å². The molecule has 0 saturated carbocycles. The second-order valence-corrected chi connectivity index (χ2v) is 3.90. The molecule has 2 heterocycles. The van der Waals surface area contributed by atoms with Crippen LogP contribution < -0.4 is 0 Å². The number of thioether (sulfide) groups is 1. The van der Waals surface area contributed by atoms with E-state index in [0.29, 0.717) is 17.5 Å². The third kappa shape index (κ3) is 2.63. The number of furan rings is 1. The van der Waals surface area contributed by atoms with E-state index in [0.717, 1.165) is 5.56 Å². The molecule has 0 spiro atoms.